The van der Waals surface area contributed by atoms with Crippen LogP contribution in [0.1, 0.15) is 37.8 Å². The molecule has 5 rings (SSSR count). The van der Waals surface area contributed by atoms with Crippen molar-refractivity contribution in [2.45, 2.75) is 38.1 Å². The Morgan fingerprint density at radius 2 is 1.82 bits per heavy atom. The summed E-state index contributed by atoms with van der Waals surface area (Å²) in [4.78, 5) is 23.2. The molecule has 0 aliphatic carbocycles. The summed E-state index contributed by atoms with van der Waals surface area (Å²) in [6.45, 7) is 8.10. The highest BCUT2D eigenvalue weighted by molar-refractivity contribution is 7.14. The van der Waals surface area contributed by atoms with Crippen LogP contribution in [0.5, 0.6) is 0 Å². The van der Waals surface area contributed by atoms with Crippen LogP contribution in [0, 0.1) is 0 Å². The van der Waals surface area contributed by atoms with Gasteiger partial charge in [-0.3, -0.25) is 0 Å². The molecule has 0 spiro atoms. The Labute approximate surface area is 203 Å². The van der Waals surface area contributed by atoms with Gasteiger partial charge in [-0.2, -0.15) is 0 Å². The topological polar surface area (TPSA) is 122 Å². The minimum Gasteiger partial charge on any atom is -0.382 e. The minimum absolute atomic E-state index is 0.262. The maximum absolute atomic E-state index is 6.20. The maximum atomic E-state index is 6.20. The average molecular weight is 478 g/mol. The Morgan fingerprint density at radius 1 is 1.03 bits per heavy atom. The number of thiazole rings is 1. The second-order valence-corrected chi connectivity index (χ2v) is 9.69. The summed E-state index contributed by atoms with van der Waals surface area (Å²) >= 11 is 1.64. The van der Waals surface area contributed by atoms with Crippen molar-refractivity contribution >= 4 is 39.5 Å². The summed E-state index contributed by atoms with van der Waals surface area (Å²) in [5.41, 5.74) is 15.8. The van der Waals surface area contributed by atoms with E-state index >= 15 is 0 Å². The van der Waals surface area contributed by atoms with Crippen LogP contribution < -0.4 is 26.6 Å². The lowest BCUT2D eigenvalue weighted by atomic mass is 10.1. The van der Waals surface area contributed by atoms with Crippen molar-refractivity contribution < 1.29 is 0 Å². The number of nitrogens with two attached hydrogens (primary N) is 2. The van der Waals surface area contributed by atoms with E-state index in [0.29, 0.717) is 22.9 Å². The fraction of sp³-hybridized carbons (Fsp3) is 0.417. The lowest BCUT2D eigenvalue weighted by molar-refractivity contribution is 0.501. The molecular weight excluding hydrogens is 446 g/mol. The van der Waals surface area contributed by atoms with Crippen LogP contribution >= 0.6 is 11.3 Å². The van der Waals surface area contributed by atoms with Crippen molar-refractivity contribution in [1.82, 2.24) is 19.9 Å². The zero-order valence-electron chi connectivity index (χ0n) is 19.3. The molecule has 10 heteroatoms. The van der Waals surface area contributed by atoms with Gasteiger partial charge in [0.15, 0.2) is 16.8 Å². The fourth-order valence-corrected chi connectivity index (χ4v) is 5.32. The standard InChI is InChI=1S/C24H31N9S/c1-16(29-23-20(6-5-9-27-23)32-12-7-17(25)8-13-32)21-22(26)28-14-18(30-21)19-15-34-24(31-19)33-10-3-2-4-11-33/h5-6,9,14-15,17H,1-4,7-8,10-13,25H2,(H2,26,28)(H,27,29). The largest absolute Gasteiger partial charge is 0.382 e. The van der Waals surface area contributed by atoms with Crippen LogP contribution in [0.3, 0.4) is 0 Å². The highest BCUT2D eigenvalue weighted by atomic mass is 32.1. The smallest absolute Gasteiger partial charge is 0.185 e. The molecule has 0 bridgehead atoms. The number of nitrogens with zero attached hydrogens (tertiary/aromatic N) is 6. The molecular formula is C24H31N9S. The van der Waals surface area contributed by atoms with Crippen molar-refractivity contribution in [1.29, 1.82) is 0 Å². The van der Waals surface area contributed by atoms with Gasteiger partial charge in [-0.15, -0.1) is 11.3 Å². The molecule has 3 aromatic heterocycles. The van der Waals surface area contributed by atoms with Crippen molar-refractivity contribution in [3.63, 3.8) is 0 Å². The molecule has 2 aliphatic heterocycles. The first-order chi connectivity index (χ1) is 16.6. The number of anilines is 4. The van der Waals surface area contributed by atoms with Crippen LogP contribution in [-0.2, 0) is 0 Å². The van der Waals surface area contributed by atoms with Gasteiger partial charge < -0.3 is 26.6 Å². The molecule has 178 valence electrons. The first-order valence-electron chi connectivity index (χ1n) is 11.8. The van der Waals surface area contributed by atoms with E-state index in [9.17, 15) is 0 Å². The molecule has 0 amide bonds. The zero-order chi connectivity index (χ0) is 23.5. The third-order valence-electron chi connectivity index (χ3n) is 6.40. The summed E-state index contributed by atoms with van der Waals surface area (Å²) in [6.07, 6.45) is 9.07. The van der Waals surface area contributed by atoms with E-state index in [4.69, 9.17) is 21.4 Å². The van der Waals surface area contributed by atoms with Gasteiger partial charge >= 0.3 is 0 Å². The third-order valence-corrected chi connectivity index (χ3v) is 7.31. The molecule has 2 fully saturated rings. The van der Waals surface area contributed by atoms with Gasteiger partial charge in [-0.25, -0.2) is 19.9 Å². The van der Waals surface area contributed by atoms with Crippen molar-refractivity contribution in [2.24, 2.45) is 5.73 Å². The van der Waals surface area contributed by atoms with Gasteiger partial charge in [-0.05, 0) is 44.2 Å². The van der Waals surface area contributed by atoms with Gasteiger partial charge in [0.05, 0.1) is 17.6 Å². The molecule has 2 aliphatic rings. The molecule has 34 heavy (non-hydrogen) atoms. The zero-order valence-corrected chi connectivity index (χ0v) is 20.1. The van der Waals surface area contributed by atoms with Crippen LogP contribution in [0.15, 0.2) is 36.5 Å². The summed E-state index contributed by atoms with van der Waals surface area (Å²) in [7, 11) is 0. The Balaban J connectivity index is 1.36. The van der Waals surface area contributed by atoms with E-state index in [1.807, 2.05) is 11.4 Å². The number of pyridine rings is 1. The fourth-order valence-electron chi connectivity index (χ4n) is 4.45. The van der Waals surface area contributed by atoms with E-state index in [0.717, 1.165) is 61.4 Å². The second kappa shape index (κ2) is 9.94. The Hall–Kier alpha value is -3.24. The van der Waals surface area contributed by atoms with Gasteiger partial charge in [0.1, 0.15) is 17.1 Å². The Morgan fingerprint density at radius 3 is 2.62 bits per heavy atom. The first-order valence-corrected chi connectivity index (χ1v) is 12.7. The highest BCUT2D eigenvalue weighted by Gasteiger charge is 2.21. The summed E-state index contributed by atoms with van der Waals surface area (Å²) in [6, 6.07) is 4.26. The lowest BCUT2D eigenvalue weighted by Crippen LogP contribution is -2.40. The van der Waals surface area contributed by atoms with E-state index in [1.165, 1.54) is 19.3 Å². The van der Waals surface area contributed by atoms with E-state index < -0.39 is 0 Å². The summed E-state index contributed by atoms with van der Waals surface area (Å²) < 4.78 is 0. The van der Waals surface area contributed by atoms with Crippen molar-refractivity contribution in [2.75, 3.05) is 47.0 Å². The first kappa shape index (κ1) is 22.5. The van der Waals surface area contributed by atoms with Crippen LogP contribution in [0.25, 0.3) is 17.1 Å². The molecule has 0 unspecified atom stereocenters. The SMILES string of the molecule is C=C(Nc1ncccc1N1CCC(N)CC1)c1nc(-c2csc(N3CCCCC3)n2)cnc1N. The summed E-state index contributed by atoms with van der Waals surface area (Å²) in [5, 5.41) is 6.39. The number of rotatable bonds is 6. The number of aromatic nitrogens is 4. The number of hydrogen-bond donors (Lipinski definition) is 3. The van der Waals surface area contributed by atoms with E-state index in [1.54, 1.807) is 23.7 Å². The third kappa shape index (κ3) is 4.83. The van der Waals surface area contributed by atoms with Gasteiger partial charge in [-0.1, -0.05) is 6.58 Å². The molecule has 5 N–H and O–H groups in total. The molecule has 5 heterocycles. The molecule has 0 atom stereocenters. The molecule has 0 saturated carbocycles. The van der Waals surface area contributed by atoms with Crippen LogP contribution in [0.4, 0.5) is 22.5 Å². The predicted octanol–water partition coefficient (Wildman–Crippen LogP) is 3.58. The lowest BCUT2D eigenvalue weighted by Gasteiger charge is -2.33. The van der Waals surface area contributed by atoms with E-state index in [-0.39, 0.29) is 6.04 Å². The van der Waals surface area contributed by atoms with Gasteiger partial charge in [0.25, 0.3) is 0 Å². The Kier molecular flexibility index (Phi) is 6.59. The molecule has 0 radical (unpaired) electrons. The van der Waals surface area contributed by atoms with Crippen molar-refractivity contribution in [3.05, 3.63) is 42.2 Å². The minimum atomic E-state index is 0.262. The maximum Gasteiger partial charge on any atom is 0.185 e. The number of hydrogen-bond acceptors (Lipinski definition) is 10. The summed E-state index contributed by atoms with van der Waals surface area (Å²) in [5.74, 6) is 1.03. The number of nitrogen functional groups attached to an aromatic ring is 1. The molecule has 3 aromatic rings. The highest BCUT2D eigenvalue weighted by Crippen LogP contribution is 2.31. The molecule has 0 aromatic carbocycles. The molecule has 2 saturated heterocycles. The Bertz CT molecular complexity index is 1150. The normalized spacial score (nSPS) is 17.1. The number of nitrogens with one attached hydrogen (secondary N) is 1. The van der Waals surface area contributed by atoms with Gasteiger partial charge in [0.2, 0.25) is 0 Å². The van der Waals surface area contributed by atoms with E-state index in [2.05, 4.69) is 37.7 Å². The van der Waals surface area contributed by atoms with Crippen LogP contribution in [-0.4, -0.2) is 52.2 Å². The van der Waals surface area contributed by atoms with Gasteiger partial charge in [0, 0.05) is 43.8 Å². The second-order valence-electron chi connectivity index (χ2n) is 8.85. The monoisotopic (exact) mass is 477 g/mol. The average Bonchev–Trinajstić information content (AvgIpc) is 3.36. The predicted molar refractivity (Wildman–Crippen MR) is 140 cm³/mol. The van der Waals surface area contributed by atoms with Crippen LogP contribution in [0.2, 0.25) is 0 Å². The molecule has 9 nitrogen and oxygen atoms in total. The number of piperidine rings is 2. The quantitative estimate of drug-likeness (QED) is 0.489. The van der Waals surface area contributed by atoms with Crippen molar-refractivity contribution in [3.8, 4) is 11.4 Å².